The fourth-order valence-corrected chi connectivity index (χ4v) is 3.53. The summed E-state index contributed by atoms with van der Waals surface area (Å²) in [4.78, 5) is 14.8. The van der Waals surface area contributed by atoms with Gasteiger partial charge in [-0.2, -0.15) is 0 Å². The Labute approximate surface area is 134 Å². The monoisotopic (exact) mass is 300 g/mol. The van der Waals surface area contributed by atoms with Crippen molar-refractivity contribution in [2.45, 2.75) is 44.9 Å². The summed E-state index contributed by atoms with van der Waals surface area (Å²) in [5.41, 5.74) is 1.07. The third-order valence-electron chi connectivity index (χ3n) is 5.26. The number of rotatable bonds is 6. The Morgan fingerprint density at radius 2 is 1.77 bits per heavy atom. The molecular formula is C19H28N2O. The number of carbonyl (C=O) groups is 1. The lowest BCUT2D eigenvalue weighted by Crippen LogP contribution is -2.38. The molecular weight excluding hydrogens is 272 g/mol. The van der Waals surface area contributed by atoms with Gasteiger partial charge in [-0.15, -0.1) is 0 Å². The van der Waals surface area contributed by atoms with Crippen molar-refractivity contribution in [2.75, 3.05) is 24.5 Å². The Hall–Kier alpha value is -1.35. The standard InChI is InChI=1S/C19H28N2O/c22-19(10-9-16-11-13-20-14-12-16)21(15-17-5-4-6-17)18-7-2-1-3-8-18/h1-3,7-8,16-17,20H,4-6,9-15H2. The Morgan fingerprint density at radius 1 is 1.05 bits per heavy atom. The van der Waals surface area contributed by atoms with E-state index in [4.69, 9.17) is 0 Å². The van der Waals surface area contributed by atoms with Crippen molar-refractivity contribution in [1.82, 2.24) is 5.32 Å². The molecule has 1 amide bonds. The number of amides is 1. The lowest BCUT2D eigenvalue weighted by atomic mass is 9.85. The van der Waals surface area contributed by atoms with Crippen LogP contribution in [-0.4, -0.2) is 25.5 Å². The van der Waals surface area contributed by atoms with Crippen LogP contribution < -0.4 is 10.2 Å². The molecule has 3 rings (SSSR count). The second-order valence-electron chi connectivity index (χ2n) is 6.87. The zero-order valence-electron chi connectivity index (χ0n) is 13.5. The number of anilines is 1. The maximum absolute atomic E-state index is 12.8. The Bertz CT molecular complexity index is 464. The van der Waals surface area contributed by atoms with E-state index in [0.29, 0.717) is 18.2 Å². The second-order valence-corrected chi connectivity index (χ2v) is 6.87. The van der Waals surface area contributed by atoms with Crippen LogP contribution in [0.4, 0.5) is 5.69 Å². The number of nitrogens with zero attached hydrogens (tertiary/aromatic N) is 1. The molecule has 2 fully saturated rings. The van der Waals surface area contributed by atoms with Gasteiger partial charge in [0.15, 0.2) is 0 Å². The molecule has 0 aromatic heterocycles. The van der Waals surface area contributed by atoms with E-state index in [1.54, 1.807) is 0 Å². The molecule has 0 bridgehead atoms. The van der Waals surface area contributed by atoms with Crippen molar-refractivity contribution in [3.05, 3.63) is 30.3 Å². The first-order valence-corrected chi connectivity index (χ1v) is 8.89. The van der Waals surface area contributed by atoms with Crippen molar-refractivity contribution < 1.29 is 4.79 Å². The molecule has 0 spiro atoms. The Morgan fingerprint density at radius 3 is 2.41 bits per heavy atom. The first kappa shape index (κ1) is 15.5. The maximum Gasteiger partial charge on any atom is 0.226 e. The van der Waals surface area contributed by atoms with Gasteiger partial charge in [-0.1, -0.05) is 24.6 Å². The molecule has 1 N–H and O–H groups in total. The molecule has 1 aliphatic carbocycles. The summed E-state index contributed by atoms with van der Waals surface area (Å²) < 4.78 is 0. The number of hydrogen-bond donors (Lipinski definition) is 1. The van der Waals surface area contributed by atoms with Crippen molar-refractivity contribution >= 4 is 11.6 Å². The highest BCUT2D eigenvalue weighted by molar-refractivity contribution is 5.93. The molecule has 3 heteroatoms. The van der Waals surface area contributed by atoms with Crippen LogP contribution in [0.1, 0.15) is 44.9 Å². The van der Waals surface area contributed by atoms with Gasteiger partial charge in [-0.25, -0.2) is 0 Å². The summed E-state index contributed by atoms with van der Waals surface area (Å²) in [5.74, 6) is 1.76. The summed E-state index contributed by atoms with van der Waals surface area (Å²) in [6.45, 7) is 3.14. The molecule has 3 nitrogen and oxygen atoms in total. The second kappa shape index (κ2) is 7.77. The molecule has 22 heavy (non-hydrogen) atoms. The molecule has 1 heterocycles. The molecule has 1 saturated carbocycles. The fraction of sp³-hybridized carbons (Fsp3) is 0.632. The minimum absolute atomic E-state index is 0.316. The van der Waals surface area contributed by atoms with Gasteiger partial charge in [0.2, 0.25) is 5.91 Å². The van der Waals surface area contributed by atoms with Crippen LogP contribution in [0.15, 0.2) is 30.3 Å². The van der Waals surface area contributed by atoms with Gasteiger partial charge in [0.25, 0.3) is 0 Å². The lowest BCUT2D eigenvalue weighted by Gasteiger charge is -2.33. The van der Waals surface area contributed by atoms with Crippen LogP contribution in [-0.2, 0) is 4.79 Å². The quantitative estimate of drug-likeness (QED) is 0.870. The highest BCUT2D eigenvalue weighted by Crippen LogP contribution is 2.29. The number of benzene rings is 1. The van der Waals surface area contributed by atoms with Gasteiger partial charge in [0.05, 0.1) is 0 Å². The van der Waals surface area contributed by atoms with Crippen molar-refractivity contribution in [3.8, 4) is 0 Å². The summed E-state index contributed by atoms with van der Waals surface area (Å²) in [6, 6.07) is 10.2. The number of para-hydroxylation sites is 1. The first-order valence-electron chi connectivity index (χ1n) is 8.89. The molecule has 120 valence electrons. The van der Waals surface area contributed by atoms with E-state index in [2.05, 4.69) is 17.4 Å². The topological polar surface area (TPSA) is 32.3 Å². The van der Waals surface area contributed by atoms with Crippen molar-refractivity contribution in [1.29, 1.82) is 0 Å². The summed E-state index contributed by atoms with van der Waals surface area (Å²) in [6.07, 6.45) is 8.09. The predicted molar refractivity (Wildman–Crippen MR) is 91.0 cm³/mol. The van der Waals surface area contributed by atoms with Crippen LogP contribution in [0, 0.1) is 11.8 Å². The molecule has 1 aromatic carbocycles. The van der Waals surface area contributed by atoms with Gasteiger partial charge >= 0.3 is 0 Å². The average molecular weight is 300 g/mol. The average Bonchev–Trinajstić information content (AvgIpc) is 2.53. The highest BCUT2D eigenvalue weighted by atomic mass is 16.2. The lowest BCUT2D eigenvalue weighted by molar-refractivity contribution is -0.119. The van der Waals surface area contributed by atoms with Crippen LogP contribution in [0.2, 0.25) is 0 Å². The van der Waals surface area contributed by atoms with Gasteiger partial charge in [-0.3, -0.25) is 4.79 Å². The number of nitrogens with one attached hydrogen (secondary N) is 1. The molecule has 1 aliphatic heterocycles. The van der Waals surface area contributed by atoms with E-state index in [1.807, 2.05) is 23.1 Å². The molecule has 1 saturated heterocycles. The van der Waals surface area contributed by atoms with Crippen LogP contribution in [0.5, 0.6) is 0 Å². The van der Waals surface area contributed by atoms with Gasteiger partial charge < -0.3 is 10.2 Å². The van der Waals surface area contributed by atoms with E-state index >= 15 is 0 Å². The minimum atomic E-state index is 0.316. The zero-order valence-corrected chi connectivity index (χ0v) is 13.5. The zero-order chi connectivity index (χ0) is 15.2. The number of hydrogen-bond acceptors (Lipinski definition) is 2. The number of piperidine rings is 1. The number of carbonyl (C=O) groups excluding carboxylic acids is 1. The molecule has 0 unspecified atom stereocenters. The summed E-state index contributed by atoms with van der Waals surface area (Å²) in [7, 11) is 0. The van der Waals surface area contributed by atoms with E-state index in [9.17, 15) is 4.79 Å². The summed E-state index contributed by atoms with van der Waals surface area (Å²) in [5, 5.41) is 3.40. The van der Waals surface area contributed by atoms with Gasteiger partial charge in [0, 0.05) is 18.7 Å². The minimum Gasteiger partial charge on any atom is -0.317 e. The van der Waals surface area contributed by atoms with E-state index in [0.717, 1.165) is 37.7 Å². The molecule has 0 radical (unpaired) electrons. The largest absolute Gasteiger partial charge is 0.317 e. The van der Waals surface area contributed by atoms with E-state index in [-0.39, 0.29) is 0 Å². The van der Waals surface area contributed by atoms with Crippen molar-refractivity contribution in [3.63, 3.8) is 0 Å². The van der Waals surface area contributed by atoms with Gasteiger partial charge in [-0.05, 0) is 69.2 Å². The smallest absolute Gasteiger partial charge is 0.226 e. The highest BCUT2D eigenvalue weighted by Gasteiger charge is 2.25. The van der Waals surface area contributed by atoms with E-state index < -0.39 is 0 Å². The molecule has 1 aromatic rings. The molecule has 2 aliphatic rings. The normalized spacial score (nSPS) is 19.6. The van der Waals surface area contributed by atoms with E-state index in [1.165, 1.54) is 32.1 Å². The van der Waals surface area contributed by atoms with Gasteiger partial charge in [0.1, 0.15) is 0 Å². The van der Waals surface area contributed by atoms with Crippen molar-refractivity contribution in [2.24, 2.45) is 11.8 Å². The van der Waals surface area contributed by atoms with Crippen LogP contribution >= 0.6 is 0 Å². The fourth-order valence-electron chi connectivity index (χ4n) is 3.53. The Balaban J connectivity index is 1.58. The maximum atomic E-state index is 12.8. The third-order valence-corrected chi connectivity index (χ3v) is 5.26. The van der Waals surface area contributed by atoms with Crippen LogP contribution in [0.3, 0.4) is 0 Å². The SMILES string of the molecule is O=C(CCC1CCNCC1)N(CC1CCC1)c1ccccc1. The summed E-state index contributed by atoms with van der Waals surface area (Å²) >= 11 is 0. The Kier molecular flexibility index (Phi) is 5.49. The predicted octanol–water partition coefficient (Wildman–Crippen LogP) is 3.60. The molecule has 0 atom stereocenters. The third kappa shape index (κ3) is 4.10. The van der Waals surface area contributed by atoms with Crippen LogP contribution in [0.25, 0.3) is 0 Å². The first-order chi connectivity index (χ1) is 10.8.